The zero-order chi connectivity index (χ0) is 16.2. The molecule has 1 amide bonds. The Morgan fingerprint density at radius 3 is 2.36 bits per heavy atom. The number of sulfonamides is 1. The third-order valence-electron chi connectivity index (χ3n) is 4.29. The third-order valence-corrected chi connectivity index (χ3v) is 6.20. The molecule has 1 aromatic rings. The van der Waals surface area contributed by atoms with Crippen LogP contribution >= 0.6 is 0 Å². The summed E-state index contributed by atoms with van der Waals surface area (Å²) in [5.74, 6) is 0.483. The number of rotatable bonds is 5. The number of nitrogens with zero attached hydrogens (tertiary/aromatic N) is 1. The standard InChI is InChI=1S/C16H24N2O3S/c1-13-3-6-15(7-4-13)22(20,21)18-11-9-14(10-12-18)5-8-16(19)17-2/h3-4,6-7,14H,5,8-12H2,1-2H3,(H,17,19). The summed E-state index contributed by atoms with van der Waals surface area (Å²) >= 11 is 0. The Hall–Kier alpha value is -1.40. The molecule has 0 atom stereocenters. The maximum absolute atomic E-state index is 12.6. The number of hydrogen-bond acceptors (Lipinski definition) is 3. The van der Waals surface area contributed by atoms with Crippen LogP contribution in [0.1, 0.15) is 31.2 Å². The molecule has 1 saturated heterocycles. The Morgan fingerprint density at radius 2 is 1.82 bits per heavy atom. The Kier molecular flexibility index (Phi) is 5.58. The van der Waals surface area contributed by atoms with Gasteiger partial charge in [-0.3, -0.25) is 4.79 Å². The monoisotopic (exact) mass is 324 g/mol. The van der Waals surface area contributed by atoms with Crippen LogP contribution in [0.15, 0.2) is 29.2 Å². The van der Waals surface area contributed by atoms with E-state index in [4.69, 9.17) is 0 Å². The van der Waals surface area contributed by atoms with Crippen molar-refractivity contribution in [1.82, 2.24) is 9.62 Å². The largest absolute Gasteiger partial charge is 0.359 e. The van der Waals surface area contributed by atoms with Crippen molar-refractivity contribution in [3.05, 3.63) is 29.8 Å². The molecular formula is C16H24N2O3S. The van der Waals surface area contributed by atoms with Crippen molar-refractivity contribution in [2.45, 2.75) is 37.5 Å². The molecule has 0 bridgehead atoms. The van der Waals surface area contributed by atoms with Crippen molar-refractivity contribution < 1.29 is 13.2 Å². The average molecular weight is 324 g/mol. The van der Waals surface area contributed by atoms with Crippen LogP contribution in [-0.2, 0) is 14.8 Å². The van der Waals surface area contributed by atoms with Crippen molar-refractivity contribution in [2.75, 3.05) is 20.1 Å². The highest BCUT2D eigenvalue weighted by Crippen LogP contribution is 2.26. The molecule has 0 saturated carbocycles. The summed E-state index contributed by atoms with van der Waals surface area (Å²) in [6, 6.07) is 6.98. The van der Waals surface area contributed by atoms with Crippen LogP contribution in [0.5, 0.6) is 0 Å². The number of hydrogen-bond donors (Lipinski definition) is 1. The van der Waals surface area contributed by atoms with Gasteiger partial charge in [-0.15, -0.1) is 0 Å². The fourth-order valence-corrected chi connectivity index (χ4v) is 4.23. The smallest absolute Gasteiger partial charge is 0.243 e. The van der Waals surface area contributed by atoms with E-state index in [0.717, 1.165) is 24.8 Å². The third kappa shape index (κ3) is 4.08. The summed E-state index contributed by atoms with van der Waals surface area (Å²) < 4.78 is 26.7. The fourth-order valence-electron chi connectivity index (χ4n) is 2.76. The number of nitrogens with one attached hydrogen (secondary N) is 1. The zero-order valence-corrected chi connectivity index (χ0v) is 14.0. The molecule has 22 heavy (non-hydrogen) atoms. The molecule has 1 fully saturated rings. The lowest BCUT2D eigenvalue weighted by molar-refractivity contribution is -0.120. The second-order valence-electron chi connectivity index (χ2n) is 5.87. The minimum absolute atomic E-state index is 0.0507. The predicted molar refractivity (Wildman–Crippen MR) is 86.0 cm³/mol. The van der Waals surface area contributed by atoms with E-state index in [9.17, 15) is 13.2 Å². The van der Waals surface area contributed by atoms with Crippen LogP contribution in [0, 0.1) is 12.8 Å². The summed E-state index contributed by atoms with van der Waals surface area (Å²) in [7, 11) is -1.75. The highest BCUT2D eigenvalue weighted by molar-refractivity contribution is 7.89. The number of amides is 1. The molecule has 2 rings (SSSR count). The van der Waals surface area contributed by atoms with Gasteiger partial charge in [-0.05, 0) is 44.2 Å². The van der Waals surface area contributed by atoms with Crippen molar-refractivity contribution in [1.29, 1.82) is 0 Å². The lowest BCUT2D eigenvalue weighted by atomic mass is 9.93. The van der Waals surface area contributed by atoms with Crippen LogP contribution in [0.2, 0.25) is 0 Å². The minimum Gasteiger partial charge on any atom is -0.359 e. The van der Waals surface area contributed by atoms with Crippen LogP contribution in [0.4, 0.5) is 0 Å². The zero-order valence-electron chi connectivity index (χ0n) is 13.2. The molecule has 1 aliphatic rings. The highest BCUT2D eigenvalue weighted by Gasteiger charge is 2.29. The van der Waals surface area contributed by atoms with Crippen molar-refractivity contribution >= 4 is 15.9 Å². The van der Waals surface area contributed by atoms with Gasteiger partial charge in [0, 0.05) is 26.6 Å². The molecule has 5 nitrogen and oxygen atoms in total. The molecule has 122 valence electrons. The molecule has 6 heteroatoms. The van der Waals surface area contributed by atoms with E-state index < -0.39 is 10.0 Å². The molecule has 0 radical (unpaired) electrons. The van der Waals surface area contributed by atoms with Gasteiger partial charge in [-0.25, -0.2) is 8.42 Å². The first kappa shape index (κ1) is 17.0. The fraction of sp³-hybridized carbons (Fsp3) is 0.562. The molecule has 0 unspecified atom stereocenters. The summed E-state index contributed by atoms with van der Waals surface area (Å²) in [6.45, 7) is 3.01. The number of aryl methyl sites for hydroxylation is 1. The van der Waals surface area contributed by atoms with Gasteiger partial charge in [0.25, 0.3) is 0 Å². The maximum Gasteiger partial charge on any atom is 0.243 e. The van der Waals surface area contributed by atoms with Gasteiger partial charge in [0.05, 0.1) is 4.90 Å². The Morgan fingerprint density at radius 1 is 1.23 bits per heavy atom. The van der Waals surface area contributed by atoms with E-state index in [1.54, 1.807) is 23.5 Å². The average Bonchev–Trinajstić information content (AvgIpc) is 2.53. The van der Waals surface area contributed by atoms with Crippen LogP contribution in [-0.4, -0.2) is 38.8 Å². The molecule has 1 aromatic carbocycles. The van der Waals surface area contributed by atoms with Crippen LogP contribution in [0.3, 0.4) is 0 Å². The summed E-state index contributed by atoms with van der Waals surface area (Å²) in [5.41, 5.74) is 1.05. The Labute approximate surface area is 132 Å². The predicted octanol–water partition coefficient (Wildman–Crippen LogP) is 1.92. The quantitative estimate of drug-likeness (QED) is 0.900. The van der Waals surface area contributed by atoms with Crippen molar-refractivity contribution in [2.24, 2.45) is 5.92 Å². The van der Waals surface area contributed by atoms with E-state index in [2.05, 4.69) is 5.32 Å². The minimum atomic E-state index is -3.38. The van der Waals surface area contributed by atoms with Gasteiger partial charge in [0.2, 0.25) is 15.9 Å². The molecule has 1 N–H and O–H groups in total. The Bertz CT molecular complexity index is 603. The van der Waals surface area contributed by atoms with Crippen LogP contribution in [0.25, 0.3) is 0 Å². The first-order chi connectivity index (χ1) is 10.4. The van der Waals surface area contributed by atoms with E-state index in [1.807, 2.05) is 19.1 Å². The summed E-state index contributed by atoms with van der Waals surface area (Å²) in [5, 5.41) is 2.62. The summed E-state index contributed by atoms with van der Waals surface area (Å²) in [4.78, 5) is 11.6. The van der Waals surface area contributed by atoms with Crippen molar-refractivity contribution in [3.63, 3.8) is 0 Å². The van der Waals surface area contributed by atoms with Gasteiger partial charge in [-0.2, -0.15) is 4.31 Å². The first-order valence-electron chi connectivity index (χ1n) is 7.71. The second-order valence-corrected chi connectivity index (χ2v) is 7.81. The molecule has 0 spiro atoms. The van der Waals surface area contributed by atoms with Gasteiger partial charge in [0.15, 0.2) is 0 Å². The van der Waals surface area contributed by atoms with Crippen molar-refractivity contribution in [3.8, 4) is 0 Å². The van der Waals surface area contributed by atoms with Gasteiger partial charge in [-0.1, -0.05) is 17.7 Å². The molecule has 1 aliphatic heterocycles. The lowest BCUT2D eigenvalue weighted by Gasteiger charge is -2.31. The summed E-state index contributed by atoms with van der Waals surface area (Å²) in [6.07, 6.45) is 2.99. The molecule has 1 heterocycles. The van der Waals surface area contributed by atoms with Crippen LogP contribution < -0.4 is 5.32 Å². The number of carbonyl (C=O) groups is 1. The van der Waals surface area contributed by atoms with Gasteiger partial charge in [0.1, 0.15) is 0 Å². The second kappa shape index (κ2) is 7.24. The van der Waals surface area contributed by atoms with E-state index in [0.29, 0.717) is 30.3 Å². The highest BCUT2D eigenvalue weighted by atomic mass is 32.2. The Balaban J connectivity index is 1.93. The molecule has 0 aliphatic carbocycles. The van der Waals surface area contributed by atoms with Gasteiger partial charge >= 0.3 is 0 Å². The number of piperidine rings is 1. The number of carbonyl (C=O) groups excluding carboxylic acids is 1. The lowest BCUT2D eigenvalue weighted by Crippen LogP contribution is -2.38. The van der Waals surface area contributed by atoms with E-state index >= 15 is 0 Å². The first-order valence-corrected chi connectivity index (χ1v) is 9.15. The maximum atomic E-state index is 12.6. The van der Waals surface area contributed by atoms with E-state index in [-0.39, 0.29) is 5.91 Å². The van der Waals surface area contributed by atoms with E-state index in [1.165, 1.54) is 0 Å². The van der Waals surface area contributed by atoms with Gasteiger partial charge < -0.3 is 5.32 Å². The molecular weight excluding hydrogens is 300 g/mol. The SMILES string of the molecule is CNC(=O)CCC1CCN(S(=O)(=O)c2ccc(C)cc2)CC1. The molecule has 0 aromatic heterocycles. The number of benzene rings is 1. The normalized spacial score (nSPS) is 17.4. The topological polar surface area (TPSA) is 66.5 Å².